The predicted molar refractivity (Wildman–Crippen MR) is 120 cm³/mol. The Morgan fingerprint density at radius 3 is 2.52 bits per heavy atom. The molecule has 0 saturated heterocycles. The summed E-state index contributed by atoms with van der Waals surface area (Å²) in [5.74, 6) is 0.220. The number of hydrogen-bond donors (Lipinski definition) is 1. The van der Waals surface area contributed by atoms with Crippen LogP contribution in [-0.4, -0.2) is 37.3 Å². The number of anilines is 2. The molecular weight excluding hydrogens is 395 g/mol. The number of fused-ring (bicyclic) bond motifs is 1. The molecule has 1 atom stereocenters. The lowest BCUT2D eigenvalue weighted by Crippen LogP contribution is -2.30. The van der Waals surface area contributed by atoms with Crippen LogP contribution in [0, 0.1) is 11.7 Å². The molecule has 162 valence electrons. The minimum atomic E-state index is -0.462. The number of H-pyrrole nitrogens is 1. The summed E-state index contributed by atoms with van der Waals surface area (Å²) in [6, 6.07) is 11.8. The first-order valence-electron chi connectivity index (χ1n) is 10.3. The Labute approximate surface area is 181 Å². The van der Waals surface area contributed by atoms with Gasteiger partial charge in [0.05, 0.1) is 18.8 Å². The van der Waals surface area contributed by atoms with E-state index in [0.717, 1.165) is 34.6 Å². The van der Waals surface area contributed by atoms with Gasteiger partial charge in [0.2, 0.25) is 0 Å². The predicted octanol–water partition coefficient (Wildman–Crippen LogP) is 4.57. The summed E-state index contributed by atoms with van der Waals surface area (Å²) in [5, 5.41) is 7.40. The number of ether oxygens (including phenoxy) is 1. The number of hydrogen-bond acceptors (Lipinski definition) is 4. The van der Waals surface area contributed by atoms with Gasteiger partial charge in [-0.2, -0.15) is 5.10 Å². The summed E-state index contributed by atoms with van der Waals surface area (Å²) >= 11 is 0. The van der Waals surface area contributed by atoms with Crippen LogP contribution in [0.1, 0.15) is 47.2 Å². The first-order valence-corrected chi connectivity index (χ1v) is 10.3. The maximum absolute atomic E-state index is 13.9. The van der Waals surface area contributed by atoms with Crippen molar-refractivity contribution in [3.05, 3.63) is 70.8 Å². The van der Waals surface area contributed by atoms with Crippen LogP contribution in [0.15, 0.2) is 42.5 Å². The van der Waals surface area contributed by atoms with Gasteiger partial charge in [0, 0.05) is 42.7 Å². The zero-order valence-corrected chi connectivity index (χ0v) is 18.4. The quantitative estimate of drug-likeness (QED) is 0.632. The third kappa shape index (κ3) is 3.65. The molecule has 1 aliphatic rings. The highest BCUT2D eigenvalue weighted by molar-refractivity contribution is 6.10. The third-order valence-corrected chi connectivity index (χ3v) is 5.58. The number of amides is 1. The molecule has 0 bridgehead atoms. The van der Waals surface area contributed by atoms with Gasteiger partial charge in [-0.25, -0.2) is 4.39 Å². The first kappa shape index (κ1) is 20.9. The lowest BCUT2D eigenvalue weighted by Gasteiger charge is -2.28. The Hall–Kier alpha value is -3.35. The smallest absolute Gasteiger partial charge is 0.277 e. The van der Waals surface area contributed by atoms with Crippen LogP contribution in [0.2, 0.25) is 0 Å². The van der Waals surface area contributed by atoms with Crippen LogP contribution in [0.3, 0.4) is 0 Å². The molecule has 1 amide bonds. The zero-order chi connectivity index (χ0) is 22.3. The van der Waals surface area contributed by atoms with E-state index in [2.05, 4.69) is 24.0 Å². The highest BCUT2D eigenvalue weighted by Crippen LogP contribution is 2.45. The van der Waals surface area contributed by atoms with Crippen LogP contribution in [-0.2, 0) is 6.42 Å². The Kier molecular flexibility index (Phi) is 5.43. The second kappa shape index (κ2) is 8.06. The summed E-state index contributed by atoms with van der Waals surface area (Å²) in [7, 11) is 5.45. The number of aromatic nitrogens is 2. The van der Waals surface area contributed by atoms with Crippen molar-refractivity contribution in [2.24, 2.45) is 5.92 Å². The topological polar surface area (TPSA) is 61.5 Å². The van der Waals surface area contributed by atoms with Gasteiger partial charge in [0.25, 0.3) is 5.91 Å². The van der Waals surface area contributed by atoms with Gasteiger partial charge in [0.1, 0.15) is 17.3 Å². The van der Waals surface area contributed by atoms with Crippen molar-refractivity contribution in [1.29, 1.82) is 0 Å². The van der Waals surface area contributed by atoms with Gasteiger partial charge >= 0.3 is 0 Å². The van der Waals surface area contributed by atoms with Gasteiger partial charge in [-0.05, 0) is 48.7 Å². The Balaban J connectivity index is 1.90. The second-order valence-corrected chi connectivity index (χ2v) is 8.43. The molecule has 0 aliphatic carbocycles. The molecule has 7 heteroatoms. The number of carbonyl (C=O) groups is 1. The minimum absolute atomic E-state index is 0.161. The fourth-order valence-corrected chi connectivity index (χ4v) is 4.14. The minimum Gasteiger partial charge on any atom is -0.496 e. The summed E-state index contributed by atoms with van der Waals surface area (Å²) in [6.07, 6.45) is 0.729. The lowest BCUT2D eigenvalue weighted by atomic mass is 9.94. The maximum atomic E-state index is 13.9. The number of rotatable bonds is 6. The fraction of sp³-hybridized carbons (Fsp3) is 0.333. The monoisotopic (exact) mass is 422 g/mol. The molecule has 4 rings (SSSR count). The Morgan fingerprint density at radius 2 is 1.90 bits per heavy atom. The van der Waals surface area contributed by atoms with Gasteiger partial charge in [-0.15, -0.1) is 0 Å². The Morgan fingerprint density at radius 1 is 1.19 bits per heavy atom. The summed E-state index contributed by atoms with van der Waals surface area (Å²) < 4.78 is 19.4. The molecular formula is C24H27FN4O2. The molecule has 6 nitrogen and oxygen atoms in total. The maximum Gasteiger partial charge on any atom is 0.277 e. The molecule has 0 radical (unpaired) electrons. The van der Waals surface area contributed by atoms with Crippen LogP contribution in [0.5, 0.6) is 5.75 Å². The normalized spacial score (nSPS) is 15.5. The van der Waals surface area contributed by atoms with Gasteiger partial charge in [-0.1, -0.05) is 13.8 Å². The molecule has 1 aliphatic heterocycles. The van der Waals surface area contributed by atoms with Crippen LogP contribution >= 0.6 is 0 Å². The fourth-order valence-electron chi connectivity index (χ4n) is 4.14. The van der Waals surface area contributed by atoms with Crippen molar-refractivity contribution >= 4 is 17.3 Å². The molecule has 2 heterocycles. The Bertz CT molecular complexity index is 1110. The van der Waals surface area contributed by atoms with E-state index in [4.69, 9.17) is 4.74 Å². The number of nitrogens with one attached hydrogen (secondary N) is 1. The van der Waals surface area contributed by atoms with Gasteiger partial charge in [0.15, 0.2) is 0 Å². The van der Waals surface area contributed by atoms with E-state index < -0.39 is 6.04 Å². The van der Waals surface area contributed by atoms with E-state index in [0.29, 0.717) is 17.4 Å². The van der Waals surface area contributed by atoms with Crippen molar-refractivity contribution in [3.8, 4) is 5.75 Å². The zero-order valence-electron chi connectivity index (χ0n) is 18.4. The van der Waals surface area contributed by atoms with Crippen molar-refractivity contribution in [2.75, 3.05) is 31.0 Å². The van der Waals surface area contributed by atoms with Crippen molar-refractivity contribution in [1.82, 2.24) is 10.2 Å². The van der Waals surface area contributed by atoms with E-state index in [1.165, 1.54) is 19.2 Å². The lowest BCUT2D eigenvalue weighted by molar-refractivity contribution is 0.0988. The molecule has 1 N–H and O–H groups in total. The number of benzene rings is 2. The number of methoxy groups -OCH3 is 1. The standard InChI is InChI=1S/C24H27FN4O2/c1-14(2)12-19-21-22(27-26-19)24(30)29(17-9-7-16(8-10-17)28(3)4)23(21)18-11-6-15(25)13-20(18)31-5/h6-11,13-14,23H,12H2,1-5H3,(H,26,27). The molecule has 3 aromatic rings. The molecule has 0 saturated carbocycles. The van der Waals surface area contributed by atoms with Gasteiger partial charge < -0.3 is 9.64 Å². The van der Waals surface area contributed by atoms with Crippen molar-refractivity contribution in [2.45, 2.75) is 26.3 Å². The second-order valence-electron chi connectivity index (χ2n) is 8.43. The number of nitrogens with zero attached hydrogens (tertiary/aromatic N) is 3. The van der Waals surface area contributed by atoms with Crippen LogP contribution in [0.25, 0.3) is 0 Å². The van der Waals surface area contributed by atoms with Crippen LogP contribution < -0.4 is 14.5 Å². The molecule has 1 aromatic heterocycles. The SMILES string of the molecule is COc1cc(F)ccc1C1c2c(CC(C)C)n[nH]c2C(=O)N1c1ccc(N(C)C)cc1. The van der Waals surface area contributed by atoms with Crippen molar-refractivity contribution in [3.63, 3.8) is 0 Å². The highest BCUT2D eigenvalue weighted by atomic mass is 19.1. The largest absolute Gasteiger partial charge is 0.496 e. The van der Waals surface area contributed by atoms with E-state index in [9.17, 15) is 9.18 Å². The van der Waals surface area contributed by atoms with E-state index in [-0.39, 0.29) is 11.7 Å². The van der Waals surface area contributed by atoms with E-state index >= 15 is 0 Å². The highest BCUT2D eigenvalue weighted by Gasteiger charge is 2.44. The van der Waals surface area contributed by atoms with Crippen LogP contribution in [0.4, 0.5) is 15.8 Å². The molecule has 1 unspecified atom stereocenters. The van der Waals surface area contributed by atoms with E-state index in [1.807, 2.05) is 43.3 Å². The summed E-state index contributed by atoms with van der Waals surface area (Å²) in [4.78, 5) is 17.2. The molecule has 0 fully saturated rings. The third-order valence-electron chi connectivity index (χ3n) is 5.58. The number of aromatic amines is 1. The summed E-state index contributed by atoms with van der Waals surface area (Å²) in [5.41, 5.74) is 4.67. The van der Waals surface area contributed by atoms with Gasteiger partial charge in [-0.3, -0.25) is 14.8 Å². The van der Waals surface area contributed by atoms with Crippen molar-refractivity contribution < 1.29 is 13.9 Å². The van der Waals surface area contributed by atoms with E-state index in [1.54, 1.807) is 11.0 Å². The molecule has 0 spiro atoms. The molecule has 2 aromatic carbocycles. The first-order chi connectivity index (χ1) is 14.8. The molecule has 31 heavy (non-hydrogen) atoms. The summed E-state index contributed by atoms with van der Waals surface area (Å²) in [6.45, 7) is 4.23. The number of halogens is 1. The average Bonchev–Trinajstić information content (AvgIpc) is 3.26. The number of carbonyl (C=O) groups excluding carboxylic acids is 1. The average molecular weight is 423 g/mol.